The van der Waals surface area contributed by atoms with Crippen LogP contribution in [0.2, 0.25) is 0 Å². The third-order valence-electron chi connectivity index (χ3n) is 5.22. The van der Waals surface area contributed by atoms with Gasteiger partial charge in [0.15, 0.2) is 0 Å². The fourth-order valence-electron chi connectivity index (χ4n) is 3.47. The number of piperazine rings is 1. The molecule has 2 fully saturated rings. The van der Waals surface area contributed by atoms with Crippen LogP contribution in [0.1, 0.15) is 28.8 Å². The fourth-order valence-corrected chi connectivity index (χ4v) is 4.49. The molecule has 4 nitrogen and oxygen atoms in total. The number of amides is 1. The van der Waals surface area contributed by atoms with Crippen LogP contribution in [-0.2, 0) is 0 Å². The first-order valence-corrected chi connectivity index (χ1v) is 10.3. The molecule has 1 saturated heterocycles. The summed E-state index contributed by atoms with van der Waals surface area (Å²) in [7, 11) is 0. The fraction of sp³-hybridized carbons (Fsp3) is 0.364. The zero-order valence-electron chi connectivity index (χ0n) is 15.3. The van der Waals surface area contributed by atoms with Crippen molar-refractivity contribution in [3.05, 3.63) is 59.7 Å². The lowest BCUT2D eigenvalue weighted by Gasteiger charge is -2.35. The second-order valence-electron chi connectivity index (χ2n) is 7.24. The SMILES string of the molecule is N#Cc1ccccc1Sc1ccccc1C(=O)N1CCN(CC2CC2)CC1. The van der Waals surface area contributed by atoms with Crippen molar-refractivity contribution < 1.29 is 4.79 Å². The molecule has 2 aromatic rings. The molecule has 0 bridgehead atoms. The van der Waals surface area contributed by atoms with E-state index >= 15 is 0 Å². The minimum atomic E-state index is 0.0959. The average Bonchev–Trinajstić information content (AvgIpc) is 3.53. The maximum absolute atomic E-state index is 13.1. The molecule has 0 radical (unpaired) electrons. The molecule has 0 aromatic heterocycles. The van der Waals surface area contributed by atoms with Gasteiger partial charge in [0, 0.05) is 42.5 Å². The summed E-state index contributed by atoms with van der Waals surface area (Å²) in [6.07, 6.45) is 2.74. The van der Waals surface area contributed by atoms with E-state index in [0.717, 1.165) is 47.5 Å². The summed E-state index contributed by atoms with van der Waals surface area (Å²) in [5, 5.41) is 9.33. The van der Waals surface area contributed by atoms with Crippen molar-refractivity contribution in [3.63, 3.8) is 0 Å². The van der Waals surface area contributed by atoms with E-state index in [4.69, 9.17) is 0 Å². The van der Waals surface area contributed by atoms with Gasteiger partial charge in [0.2, 0.25) is 0 Å². The first-order valence-electron chi connectivity index (χ1n) is 9.52. The van der Waals surface area contributed by atoms with Crippen LogP contribution in [0.4, 0.5) is 0 Å². The van der Waals surface area contributed by atoms with Crippen molar-refractivity contribution in [2.75, 3.05) is 32.7 Å². The highest BCUT2D eigenvalue weighted by Gasteiger charge is 2.28. The Labute approximate surface area is 164 Å². The van der Waals surface area contributed by atoms with Gasteiger partial charge < -0.3 is 4.90 Å². The van der Waals surface area contributed by atoms with Gasteiger partial charge in [0.1, 0.15) is 6.07 Å². The summed E-state index contributed by atoms with van der Waals surface area (Å²) in [4.78, 5) is 19.4. The molecule has 1 aliphatic carbocycles. The van der Waals surface area contributed by atoms with Crippen LogP contribution in [-0.4, -0.2) is 48.4 Å². The zero-order valence-corrected chi connectivity index (χ0v) is 16.1. The lowest BCUT2D eigenvalue weighted by molar-refractivity contribution is 0.0628. The normalized spacial score (nSPS) is 17.5. The molecule has 5 heteroatoms. The minimum Gasteiger partial charge on any atom is -0.336 e. The minimum absolute atomic E-state index is 0.0959. The monoisotopic (exact) mass is 377 g/mol. The van der Waals surface area contributed by atoms with Crippen LogP contribution in [0, 0.1) is 17.2 Å². The lowest BCUT2D eigenvalue weighted by Crippen LogP contribution is -2.49. The predicted octanol–water partition coefficient (Wildman–Crippen LogP) is 3.88. The van der Waals surface area contributed by atoms with E-state index in [0.29, 0.717) is 5.56 Å². The Balaban J connectivity index is 1.47. The lowest BCUT2D eigenvalue weighted by atomic mass is 10.1. The van der Waals surface area contributed by atoms with Crippen molar-refractivity contribution in [2.45, 2.75) is 22.6 Å². The Morgan fingerprint density at radius 3 is 2.37 bits per heavy atom. The standard InChI is InChI=1S/C22H23N3OS/c23-15-18-5-1-3-7-20(18)27-21-8-4-2-6-19(21)22(26)25-13-11-24(12-14-25)16-17-9-10-17/h1-8,17H,9-14,16H2. The molecule has 138 valence electrons. The molecule has 1 aliphatic heterocycles. The van der Waals surface area contributed by atoms with Gasteiger partial charge in [-0.15, -0.1) is 0 Å². The summed E-state index contributed by atoms with van der Waals surface area (Å²) < 4.78 is 0. The third kappa shape index (κ3) is 4.35. The summed E-state index contributed by atoms with van der Waals surface area (Å²) in [6.45, 7) is 4.71. The number of benzene rings is 2. The molecule has 2 aromatic carbocycles. The van der Waals surface area contributed by atoms with Gasteiger partial charge >= 0.3 is 0 Å². The van der Waals surface area contributed by atoms with Crippen molar-refractivity contribution in [1.29, 1.82) is 5.26 Å². The zero-order chi connectivity index (χ0) is 18.6. The molecule has 27 heavy (non-hydrogen) atoms. The third-order valence-corrected chi connectivity index (χ3v) is 6.37. The van der Waals surface area contributed by atoms with E-state index in [9.17, 15) is 10.1 Å². The number of hydrogen-bond donors (Lipinski definition) is 0. The van der Waals surface area contributed by atoms with Crippen molar-refractivity contribution in [2.24, 2.45) is 5.92 Å². The highest BCUT2D eigenvalue weighted by Crippen LogP contribution is 2.33. The van der Waals surface area contributed by atoms with Gasteiger partial charge in [-0.25, -0.2) is 0 Å². The number of nitrogens with zero attached hydrogens (tertiary/aromatic N) is 3. The van der Waals surface area contributed by atoms with Gasteiger partial charge in [-0.2, -0.15) is 5.26 Å². The van der Waals surface area contributed by atoms with E-state index < -0.39 is 0 Å². The maximum Gasteiger partial charge on any atom is 0.255 e. The second-order valence-corrected chi connectivity index (χ2v) is 8.33. The van der Waals surface area contributed by atoms with Gasteiger partial charge in [-0.05, 0) is 43.0 Å². The maximum atomic E-state index is 13.1. The van der Waals surface area contributed by atoms with E-state index in [1.165, 1.54) is 31.1 Å². The van der Waals surface area contributed by atoms with Gasteiger partial charge in [0.05, 0.1) is 11.1 Å². The number of hydrogen-bond acceptors (Lipinski definition) is 4. The summed E-state index contributed by atoms with van der Waals surface area (Å²) in [5.41, 5.74) is 1.37. The average molecular weight is 378 g/mol. The molecular weight excluding hydrogens is 354 g/mol. The summed E-state index contributed by atoms with van der Waals surface area (Å²) in [6, 6.07) is 17.5. The van der Waals surface area contributed by atoms with Crippen molar-refractivity contribution >= 4 is 17.7 Å². The quantitative estimate of drug-likeness (QED) is 0.793. The van der Waals surface area contributed by atoms with Gasteiger partial charge in [0.25, 0.3) is 5.91 Å². The molecule has 0 N–H and O–H groups in total. The smallest absolute Gasteiger partial charge is 0.255 e. The Hall–Kier alpha value is -2.29. The molecule has 0 unspecified atom stereocenters. The Bertz CT molecular complexity index is 864. The van der Waals surface area contributed by atoms with Crippen molar-refractivity contribution in [1.82, 2.24) is 9.80 Å². The molecule has 1 amide bonds. The number of nitriles is 1. The summed E-state index contributed by atoms with van der Waals surface area (Å²) >= 11 is 1.49. The van der Waals surface area contributed by atoms with E-state index in [2.05, 4.69) is 11.0 Å². The van der Waals surface area contributed by atoms with Crippen LogP contribution in [0.15, 0.2) is 58.3 Å². The van der Waals surface area contributed by atoms with Crippen molar-refractivity contribution in [3.8, 4) is 6.07 Å². The van der Waals surface area contributed by atoms with Gasteiger partial charge in [-0.3, -0.25) is 9.69 Å². The molecule has 0 atom stereocenters. The van der Waals surface area contributed by atoms with E-state index in [1.807, 2.05) is 53.4 Å². The Morgan fingerprint density at radius 1 is 1.00 bits per heavy atom. The second kappa shape index (κ2) is 8.16. The summed E-state index contributed by atoms with van der Waals surface area (Å²) in [5.74, 6) is 0.989. The molecule has 1 saturated carbocycles. The topological polar surface area (TPSA) is 47.3 Å². The Kier molecular flexibility index (Phi) is 5.47. The van der Waals surface area contributed by atoms with Crippen LogP contribution < -0.4 is 0 Å². The molecule has 1 heterocycles. The first-order chi connectivity index (χ1) is 13.2. The number of rotatable bonds is 5. The molecule has 4 rings (SSSR count). The van der Waals surface area contributed by atoms with E-state index in [-0.39, 0.29) is 5.91 Å². The number of carbonyl (C=O) groups is 1. The Morgan fingerprint density at radius 2 is 1.67 bits per heavy atom. The number of carbonyl (C=O) groups excluding carboxylic acids is 1. The highest BCUT2D eigenvalue weighted by molar-refractivity contribution is 7.99. The largest absolute Gasteiger partial charge is 0.336 e. The van der Waals surface area contributed by atoms with E-state index in [1.54, 1.807) is 0 Å². The first kappa shape index (κ1) is 18.1. The van der Waals surface area contributed by atoms with Crippen LogP contribution in [0.5, 0.6) is 0 Å². The highest BCUT2D eigenvalue weighted by atomic mass is 32.2. The van der Waals surface area contributed by atoms with Crippen LogP contribution in [0.3, 0.4) is 0 Å². The molecular formula is C22H23N3OS. The molecule has 0 spiro atoms. The van der Waals surface area contributed by atoms with Crippen LogP contribution in [0.25, 0.3) is 0 Å². The van der Waals surface area contributed by atoms with Gasteiger partial charge in [-0.1, -0.05) is 36.0 Å². The van der Waals surface area contributed by atoms with Crippen LogP contribution >= 0.6 is 11.8 Å². The predicted molar refractivity (Wildman–Crippen MR) is 107 cm³/mol. The molecule has 2 aliphatic rings.